The predicted octanol–water partition coefficient (Wildman–Crippen LogP) is 2.97. The van der Waals surface area contributed by atoms with Gasteiger partial charge in [0.25, 0.3) is 0 Å². The Morgan fingerprint density at radius 1 is 1.24 bits per heavy atom. The Labute approximate surface area is 152 Å². The number of pyridine rings is 1. The minimum Gasteiger partial charge on any atom is -0.462 e. The van der Waals surface area contributed by atoms with Gasteiger partial charge >= 0.3 is 12.1 Å². The topological polar surface area (TPSA) is 72.0 Å². The van der Waals surface area contributed by atoms with E-state index in [9.17, 15) is 9.59 Å². The first-order valence-corrected chi connectivity index (χ1v) is 8.64. The monoisotopic (exact) mass is 369 g/mol. The average molecular weight is 370 g/mol. The highest BCUT2D eigenvalue weighted by Crippen LogP contribution is 2.25. The van der Waals surface area contributed by atoms with Crippen molar-refractivity contribution in [2.24, 2.45) is 0 Å². The second-order valence-corrected chi connectivity index (χ2v) is 7.09. The number of rotatable bonds is 3. The summed E-state index contributed by atoms with van der Waals surface area (Å²) in [6.45, 7) is 9.67. The number of aromatic nitrogens is 1. The largest absolute Gasteiger partial charge is 0.462 e. The van der Waals surface area contributed by atoms with E-state index in [0.29, 0.717) is 42.6 Å². The third kappa shape index (κ3) is 5.22. The van der Waals surface area contributed by atoms with Crippen molar-refractivity contribution in [1.82, 2.24) is 9.88 Å². The van der Waals surface area contributed by atoms with E-state index in [4.69, 9.17) is 21.1 Å². The van der Waals surface area contributed by atoms with Crippen LogP contribution in [0.25, 0.3) is 0 Å². The van der Waals surface area contributed by atoms with E-state index >= 15 is 0 Å². The van der Waals surface area contributed by atoms with Gasteiger partial charge in [0.2, 0.25) is 0 Å². The fourth-order valence-corrected chi connectivity index (χ4v) is 2.66. The molecule has 0 aromatic carbocycles. The van der Waals surface area contributed by atoms with Gasteiger partial charge in [0.05, 0.1) is 12.3 Å². The minimum atomic E-state index is -0.524. The summed E-state index contributed by atoms with van der Waals surface area (Å²) in [4.78, 5) is 31.9. The van der Waals surface area contributed by atoms with Crippen molar-refractivity contribution in [3.63, 3.8) is 0 Å². The maximum Gasteiger partial charge on any atom is 0.410 e. The van der Waals surface area contributed by atoms with Crippen LogP contribution >= 0.6 is 11.6 Å². The zero-order valence-electron chi connectivity index (χ0n) is 15.0. The smallest absolute Gasteiger partial charge is 0.410 e. The van der Waals surface area contributed by atoms with Gasteiger partial charge in [-0.2, -0.15) is 0 Å². The van der Waals surface area contributed by atoms with Crippen LogP contribution in [-0.2, 0) is 9.47 Å². The molecule has 8 heteroatoms. The molecule has 1 fully saturated rings. The molecule has 0 radical (unpaired) electrons. The number of hydrogen-bond acceptors (Lipinski definition) is 6. The van der Waals surface area contributed by atoms with E-state index in [1.165, 1.54) is 6.20 Å². The maximum atomic E-state index is 12.2. The van der Waals surface area contributed by atoms with Crippen LogP contribution in [-0.4, -0.2) is 60.3 Å². The van der Waals surface area contributed by atoms with Gasteiger partial charge in [-0.25, -0.2) is 14.6 Å². The van der Waals surface area contributed by atoms with E-state index in [0.717, 1.165) is 0 Å². The molecule has 0 aliphatic carbocycles. The van der Waals surface area contributed by atoms with Crippen molar-refractivity contribution in [2.45, 2.75) is 33.3 Å². The molecule has 2 rings (SSSR count). The third-order valence-electron chi connectivity index (χ3n) is 3.62. The molecule has 138 valence electrons. The second kappa shape index (κ2) is 7.91. The zero-order valence-corrected chi connectivity index (χ0v) is 15.8. The van der Waals surface area contributed by atoms with Gasteiger partial charge in [-0.3, -0.25) is 0 Å². The summed E-state index contributed by atoms with van der Waals surface area (Å²) in [7, 11) is 0. The predicted molar refractivity (Wildman–Crippen MR) is 95.2 cm³/mol. The van der Waals surface area contributed by atoms with Crippen LogP contribution in [0.15, 0.2) is 12.3 Å². The molecule has 7 nitrogen and oxygen atoms in total. The lowest BCUT2D eigenvalue weighted by atomic mass is 10.2. The summed E-state index contributed by atoms with van der Waals surface area (Å²) in [5.74, 6) is -0.434. The first-order chi connectivity index (χ1) is 11.7. The van der Waals surface area contributed by atoms with Crippen LogP contribution in [0.4, 0.5) is 10.5 Å². The molecule has 0 unspecified atom stereocenters. The van der Waals surface area contributed by atoms with E-state index in [1.54, 1.807) is 17.9 Å². The highest BCUT2D eigenvalue weighted by atomic mass is 35.5. The number of ether oxygens (including phenoxy) is 2. The molecule has 0 N–H and O–H groups in total. The second-order valence-electron chi connectivity index (χ2n) is 6.70. The summed E-state index contributed by atoms with van der Waals surface area (Å²) in [5.41, 5.74) is 0.517. The Hall–Kier alpha value is -2.02. The summed E-state index contributed by atoms with van der Waals surface area (Å²) >= 11 is 6.00. The summed E-state index contributed by atoms with van der Waals surface area (Å²) < 4.78 is 10.5. The van der Waals surface area contributed by atoms with Crippen LogP contribution in [0.5, 0.6) is 0 Å². The van der Waals surface area contributed by atoms with Crippen LogP contribution < -0.4 is 4.90 Å². The van der Waals surface area contributed by atoms with E-state index in [1.807, 2.05) is 25.7 Å². The summed E-state index contributed by atoms with van der Waals surface area (Å²) in [5, 5.41) is 0.303. The van der Waals surface area contributed by atoms with Gasteiger partial charge in [-0.1, -0.05) is 11.6 Å². The average Bonchev–Trinajstić information content (AvgIpc) is 2.53. The summed E-state index contributed by atoms with van der Waals surface area (Å²) in [6, 6.07) is 1.65. The van der Waals surface area contributed by atoms with Crippen LogP contribution in [0.3, 0.4) is 0 Å². The molecule has 1 aromatic heterocycles. The molecule has 1 saturated heterocycles. The Morgan fingerprint density at radius 2 is 1.88 bits per heavy atom. The lowest BCUT2D eigenvalue weighted by Gasteiger charge is -2.37. The number of amides is 1. The van der Waals surface area contributed by atoms with Gasteiger partial charge in [0.1, 0.15) is 16.3 Å². The number of piperazine rings is 1. The summed E-state index contributed by atoms with van der Waals surface area (Å²) in [6.07, 6.45) is 1.10. The first-order valence-electron chi connectivity index (χ1n) is 8.27. The Morgan fingerprint density at radius 3 is 2.44 bits per heavy atom. The molecule has 0 bridgehead atoms. The van der Waals surface area contributed by atoms with Crippen molar-refractivity contribution in [3.05, 3.63) is 23.0 Å². The molecule has 0 spiro atoms. The maximum absolute atomic E-state index is 12.2. The highest BCUT2D eigenvalue weighted by molar-refractivity contribution is 6.29. The lowest BCUT2D eigenvalue weighted by Crippen LogP contribution is -2.50. The fraction of sp³-hybridized carbons (Fsp3) is 0.588. The fourth-order valence-electron chi connectivity index (χ4n) is 2.50. The number of carbonyl (C=O) groups is 2. The minimum absolute atomic E-state index is 0.285. The Kier molecular flexibility index (Phi) is 6.11. The number of esters is 1. The number of halogens is 1. The first kappa shape index (κ1) is 19.3. The van der Waals surface area contributed by atoms with Crippen LogP contribution in [0, 0.1) is 0 Å². The van der Waals surface area contributed by atoms with Crippen LogP contribution in [0.1, 0.15) is 38.1 Å². The van der Waals surface area contributed by atoms with Crippen molar-refractivity contribution in [1.29, 1.82) is 0 Å². The number of hydrogen-bond donors (Lipinski definition) is 0. The van der Waals surface area contributed by atoms with E-state index in [-0.39, 0.29) is 12.7 Å². The molecule has 1 aromatic rings. The van der Waals surface area contributed by atoms with Crippen molar-refractivity contribution < 1.29 is 19.1 Å². The van der Waals surface area contributed by atoms with Crippen molar-refractivity contribution in [3.8, 4) is 0 Å². The Balaban J connectivity index is 2.09. The van der Waals surface area contributed by atoms with Crippen molar-refractivity contribution >= 4 is 29.4 Å². The SMILES string of the molecule is CCOC(=O)c1cnc(Cl)cc1N1CCN(C(=O)OC(C)(C)C)CC1. The lowest BCUT2D eigenvalue weighted by molar-refractivity contribution is 0.0239. The molecule has 25 heavy (non-hydrogen) atoms. The quantitative estimate of drug-likeness (QED) is 0.602. The number of nitrogens with zero attached hydrogens (tertiary/aromatic N) is 3. The molecule has 1 amide bonds. The van der Waals surface area contributed by atoms with E-state index in [2.05, 4.69) is 4.98 Å². The molecule has 1 aliphatic rings. The molecule has 2 heterocycles. The van der Waals surface area contributed by atoms with Crippen LogP contribution in [0.2, 0.25) is 5.15 Å². The Bertz CT molecular complexity index is 637. The normalized spacial score (nSPS) is 15.1. The zero-order chi connectivity index (χ0) is 18.6. The van der Waals surface area contributed by atoms with Gasteiger partial charge in [-0.15, -0.1) is 0 Å². The number of carbonyl (C=O) groups excluding carboxylic acids is 2. The van der Waals surface area contributed by atoms with Gasteiger partial charge in [0.15, 0.2) is 0 Å². The molecule has 0 atom stereocenters. The molecular weight excluding hydrogens is 346 g/mol. The number of anilines is 1. The highest BCUT2D eigenvalue weighted by Gasteiger charge is 2.28. The van der Waals surface area contributed by atoms with Crippen molar-refractivity contribution in [2.75, 3.05) is 37.7 Å². The third-order valence-corrected chi connectivity index (χ3v) is 3.82. The molecule has 1 aliphatic heterocycles. The molecular formula is C17H24ClN3O4. The molecule has 0 saturated carbocycles. The standard InChI is InChI=1S/C17H24ClN3O4/c1-5-24-15(22)12-11-19-14(18)10-13(12)20-6-8-21(9-7-20)16(23)25-17(2,3)4/h10-11H,5-9H2,1-4H3. The van der Waals surface area contributed by atoms with Gasteiger partial charge in [0, 0.05) is 32.4 Å². The van der Waals surface area contributed by atoms with E-state index < -0.39 is 11.6 Å². The van der Waals surface area contributed by atoms with Gasteiger partial charge < -0.3 is 19.3 Å². The van der Waals surface area contributed by atoms with Gasteiger partial charge in [-0.05, 0) is 33.8 Å².